The molecule has 2 aliphatic heterocycles. The highest BCUT2D eigenvalue weighted by atomic mass is 19.4. The molecule has 27 heavy (non-hydrogen) atoms. The molecule has 2 fully saturated rings. The van der Waals surface area contributed by atoms with Crippen molar-refractivity contribution in [3.63, 3.8) is 0 Å². The molecule has 2 aliphatic rings. The summed E-state index contributed by atoms with van der Waals surface area (Å²) in [5, 5.41) is 2.98. The van der Waals surface area contributed by atoms with Crippen molar-refractivity contribution >= 4 is 11.9 Å². The minimum absolute atomic E-state index is 0.0300. The summed E-state index contributed by atoms with van der Waals surface area (Å²) in [6, 6.07) is 2.24. The summed E-state index contributed by atoms with van der Waals surface area (Å²) in [4.78, 5) is 24.7. The fourth-order valence-electron chi connectivity index (χ4n) is 3.19. The smallest absolute Gasteiger partial charge is 0.416 e. The Morgan fingerprint density at radius 3 is 2.67 bits per heavy atom. The Kier molecular flexibility index (Phi) is 5.69. The van der Waals surface area contributed by atoms with Gasteiger partial charge in [0.05, 0.1) is 18.6 Å². The maximum Gasteiger partial charge on any atom is 0.416 e. The quantitative estimate of drug-likeness (QED) is 0.601. The van der Waals surface area contributed by atoms with E-state index in [9.17, 15) is 27.2 Å². The lowest BCUT2D eigenvalue weighted by Gasteiger charge is -2.40. The van der Waals surface area contributed by atoms with Crippen molar-refractivity contribution in [1.29, 1.82) is 0 Å². The van der Waals surface area contributed by atoms with Crippen LogP contribution in [0.25, 0.3) is 0 Å². The van der Waals surface area contributed by atoms with E-state index in [-0.39, 0.29) is 35.9 Å². The summed E-state index contributed by atoms with van der Waals surface area (Å²) < 4.78 is 56.7. The second-order valence-corrected chi connectivity index (χ2v) is 6.97. The van der Waals surface area contributed by atoms with Gasteiger partial charge in [-0.3, -0.25) is 9.59 Å². The van der Waals surface area contributed by atoms with E-state index in [4.69, 9.17) is 4.74 Å². The normalized spacial score (nSPS) is 20.5. The van der Waals surface area contributed by atoms with Crippen LogP contribution in [-0.4, -0.2) is 42.5 Å². The molecule has 2 heterocycles. The number of cyclic esters (lactones) is 1. The largest absolute Gasteiger partial charge is 0.465 e. The van der Waals surface area contributed by atoms with Gasteiger partial charge in [0, 0.05) is 43.6 Å². The number of nitrogens with zero attached hydrogens (tertiary/aromatic N) is 1. The fraction of sp³-hybridized carbons (Fsp3) is 0.556. The van der Waals surface area contributed by atoms with E-state index >= 15 is 0 Å². The van der Waals surface area contributed by atoms with Crippen molar-refractivity contribution in [3.05, 3.63) is 35.1 Å². The molecule has 0 aromatic heterocycles. The van der Waals surface area contributed by atoms with Crippen molar-refractivity contribution in [1.82, 2.24) is 10.2 Å². The third-order valence-corrected chi connectivity index (χ3v) is 4.89. The molecule has 1 aromatic rings. The van der Waals surface area contributed by atoms with Gasteiger partial charge in [-0.1, -0.05) is 0 Å². The molecular weight excluding hydrogens is 368 g/mol. The molecule has 0 spiro atoms. The van der Waals surface area contributed by atoms with Crippen molar-refractivity contribution in [3.8, 4) is 0 Å². The number of alkyl halides is 3. The van der Waals surface area contributed by atoms with Crippen LogP contribution >= 0.6 is 0 Å². The summed E-state index contributed by atoms with van der Waals surface area (Å²) in [6.07, 6.45) is -3.25. The maximum atomic E-state index is 13.7. The first-order chi connectivity index (χ1) is 12.7. The highest BCUT2D eigenvalue weighted by Gasteiger charge is 2.33. The Hall–Kier alpha value is -2.16. The summed E-state index contributed by atoms with van der Waals surface area (Å²) in [6.45, 7) is 1.18. The molecule has 9 heteroatoms. The molecule has 148 valence electrons. The van der Waals surface area contributed by atoms with Crippen LogP contribution < -0.4 is 5.32 Å². The van der Waals surface area contributed by atoms with Crippen LogP contribution in [-0.2, 0) is 27.0 Å². The highest BCUT2D eigenvalue weighted by Crippen LogP contribution is 2.30. The average molecular weight is 388 g/mol. The van der Waals surface area contributed by atoms with Gasteiger partial charge in [-0.15, -0.1) is 0 Å². The Balaban J connectivity index is 1.40. The standard InChI is InChI=1S/C18H20F4N2O3/c19-15-3-2-13(18(20,21)22)6-12(15)7-23-14-8-24(9-14)16(25)4-1-11-5-17(26)27-10-11/h2-3,6,11,14,23H,1,4-5,7-10H2/t11-/m0/s1. The van der Waals surface area contributed by atoms with Gasteiger partial charge in [0.2, 0.25) is 5.91 Å². The Morgan fingerprint density at radius 2 is 2.04 bits per heavy atom. The van der Waals surface area contributed by atoms with E-state index in [1.54, 1.807) is 4.90 Å². The van der Waals surface area contributed by atoms with E-state index in [0.29, 0.717) is 45.0 Å². The summed E-state index contributed by atoms with van der Waals surface area (Å²) in [7, 11) is 0. The second kappa shape index (κ2) is 7.84. The zero-order valence-corrected chi connectivity index (χ0v) is 14.5. The third kappa shape index (κ3) is 4.97. The lowest BCUT2D eigenvalue weighted by molar-refractivity contribution is -0.138. The van der Waals surface area contributed by atoms with Crippen LogP contribution in [0, 0.1) is 11.7 Å². The number of benzene rings is 1. The first kappa shape index (κ1) is 19.6. The van der Waals surface area contributed by atoms with Gasteiger partial charge >= 0.3 is 12.1 Å². The molecule has 5 nitrogen and oxygen atoms in total. The highest BCUT2D eigenvalue weighted by molar-refractivity contribution is 5.77. The van der Waals surface area contributed by atoms with Crippen LogP contribution in [0.5, 0.6) is 0 Å². The van der Waals surface area contributed by atoms with Crippen LogP contribution in [0.15, 0.2) is 18.2 Å². The van der Waals surface area contributed by atoms with Gasteiger partial charge in [0.25, 0.3) is 0 Å². The van der Waals surface area contributed by atoms with Gasteiger partial charge in [0.1, 0.15) is 5.82 Å². The van der Waals surface area contributed by atoms with Crippen molar-refractivity contribution in [2.45, 2.75) is 38.0 Å². The molecule has 0 saturated carbocycles. The first-order valence-corrected chi connectivity index (χ1v) is 8.75. The van der Waals surface area contributed by atoms with Gasteiger partial charge in [-0.05, 0) is 24.6 Å². The van der Waals surface area contributed by atoms with Gasteiger partial charge in [0.15, 0.2) is 0 Å². The summed E-state index contributed by atoms with van der Waals surface area (Å²) >= 11 is 0. The monoisotopic (exact) mass is 388 g/mol. The maximum absolute atomic E-state index is 13.7. The number of hydrogen-bond donors (Lipinski definition) is 1. The number of likely N-dealkylation sites (tertiary alicyclic amines) is 1. The molecular formula is C18H20F4N2O3. The number of carbonyl (C=O) groups excluding carboxylic acids is 2. The van der Waals surface area contributed by atoms with E-state index < -0.39 is 17.6 Å². The molecule has 0 unspecified atom stereocenters. The van der Waals surface area contributed by atoms with E-state index in [0.717, 1.165) is 12.1 Å². The molecule has 1 atom stereocenters. The molecule has 0 radical (unpaired) electrons. The molecule has 3 rings (SSSR count). The second-order valence-electron chi connectivity index (χ2n) is 6.97. The minimum atomic E-state index is -4.52. The third-order valence-electron chi connectivity index (χ3n) is 4.89. The molecule has 0 aliphatic carbocycles. The number of ether oxygens (including phenoxy) is 1. The van der Waals surface area contributed by atoms with E-state index in [1.807, 2.05) is 0 Å². The lowest BCUT2D eigenvalue weighted by atomic mass is 10.0. The van der Waals surface area contributed by atoms with E-state index in [1.165, 1.54) is 0 Å². The van der Waals surface area contributed by atoms with Crippen LogP contribution in [0.1, 0.15) is 30.4 Å². The molecule has 1 N–H and O–H groups in total. The van der Waals surface area contributed by atoms with Crippen LogP contribution in [0.4, 0.5) is 17.6 Å². The van der Waals surface area contributed by atoms with Crippen LogP contribution in [0.2, 0.25) is 0 Å². The predicted molar refractivity (Wildman–Crippen MR) is 86.9 cm³/mol. The predicted octanol–water partition coefficient (Wildman–Crippen LogP) is 2.49. The van der Waals surface area contributed by atoms with Gasteiger partial charge < -0.3 is 15.0 Å². The number of hydrogen-bond acceptors (Lipinski definition) is 4. The number of rotatable bonds is 6. The van der Waals surface area contributed by atoms with Gasteiger partial charge in [-0.25, -0.2) is 4.39 Å². The zero-order chi connectivity index (χ0) is 19.6. The summed E-state index contributed by atoms with van der Waals surface area (Å²) in [5.74, 6) is -0.878. The average Bonchev–Trinajstić information content (AvgIpc) is 2.97. The van der Waals surface area contributed by atoms with Crippen molar-refractivity contribution in [2.75, 3.05) is 19.7 Å². The van der Waals surface area contributed by atoms with E-state index in [2.05, 4.69) is 5.32 Å². The Morgan fingerprint density at radius 1 is 1.30 bits per heavy atom. The van der Waals surface area contributed by atoms with Crippen molar-refractivity contribution in [2.24, 2.45) is 5.92 Å². The number of nitrogens with one attached hydrogen (secondary N) is 1. The lowest BCUT2D eigenvalue weighted by Crippen LogP contribution is -2.59. The molecule has 2 saturated heterocycles. The topological polar surface area (TPSA) is 58.6 Å². The fourth-order valence-corrected chi connectivity index (χ4v) is 3.19. The zero-order valence-electron chi connectivity index (χ0n) is 14.5. The van der Waals surface area contributed by atoms with Gasteiger partial charge in [-0.2, -0.15) is 13.2 Å². The number of amides is 1. The minimum Gasteiger partial charge on any atom is -0.465 e. The number of esters is 1. The van der Waals surface area contributed by atoms with Crippen molar-refractivity contribution < 1.29 is 31.9 Å². The summed E-state index contributed by atoms with van der Waals surface area (Å²) in [5.41, 5.74) is -0.944. The first-order valence-electron chi connectivity index (χ1n) is 8.75. The molecule has 0 bridgehead atoms. The van der Waals surface area contributed by atoms with Crippen LogP contribution in [0.3, 0.4) is 0 Å². The SMILES string of the molecule is O=C1C[C@H](CCC(=O)N2CC(NCc3cc(C(F)(F)F)ccc3F)C2)CO1. The molecule has 1 amide bonds. The Bertz CT molecular complexity index is 717. The number of halogens is 4. The Labute approximate surface area is 153 Å². The molecule has 1 aromatic carbocycles. The number of carbonyl (C=O) groups is 2.